The van der Waals surface area contributed by atoms with Crippen LogP contribution < -0.4 is 5.32 Å². The third-order valence-electron chi connectivity index (χ3n) is 6.16. The average molecular weight is 493 g/mol. The van der Waals surface area contributed by atoms with Crippen LogP contribution in [0, 0.1) is 11.6 Å². The number of aromatic nitrogens is 2. The molecule has 2 aromatic heterocycles. The summed E-state index contributed by atoms with van der Waals surface area (Å²) in [4.78, 5) is 29.6. The van der Waals surface area contributed by atoms with Gasteiger partial charge in [0, 0.05) is 13.1 Å². The minimum absolute atomic E-state index is 0.0522. The smallest absolute Gasteiger partial charge is 0.273 e. The van der Waals surface area contributed by atoms with Crippen molar-refractivity contribution in [3.05, 3.63) is 101 Å². The predicted molar refractivity (Wildman–Crippen MR) is 128 cm³/mol. The molecule has 0 bridgehead atoms. The standard InChI is InChI=1S/C26H22F2N4O2S/c1-26(25(34)29-14-17-7-9-19(27)10-8-17)16-32-22(13-21(30-32)23-6-3-11-35-23)24(33)31(26)15-18-4-2-5-20(28)12-18/h2-13H,14-16H2,1H3,(H,29,34). The fourth-order valence-corrected chi connectivity index (χ4v) is 4.91. The molecule has 1 aliphatic rings. The van der Waals surface area contributed by atoms with Gasteiger partial charge in [-0.2, -0.15) is 5.10 Å². The Bertz CT molecular complexity index is 1380. The number of benzene rings is 2. The molecule has 3 heterocycles. The van der Waals surface area contributed by atoms with E-state index in [4.69, 9.17) is 0 Å². The van der Waals surface area contributed by atoms with Crippen LogP contribution in [0.4, 0.5) is 8.78 Å². The number of hydrogen-bond donors (Lipinski definition) is 1. The number of carbonyl (C=O) groups is 2. The Morgan fingerprint density at radius 2 is 1.86 bits per heavy atom. The monoisotopic (exact) mass is 492 g/mol. The van der Waals surface area contributed by atoms with E-state index in [-0.39, 0.29) is 37.3 Å². The molecule has 9 heteroatoms. The Hall–Kier alpha value is -3.85. The van der Waals surface area contributed by atoms with E-state index < -0.39 is 11.4 Å². The highest BCUT2D eigenvalue weighted by atomic mass is 32.1. The van der Waals surface area contributed by atoms with Crippen molar-refractivity contribution in [2.45, 2.75) is 32.1 Å². The maximum absolute atomic E-state index is 13.9. The summed E-state index contributed by atoms with van der Waals surface area (Å²) >= 11 is 1.51. The first kappa shape index (κ1) is 22.9. The van der Waals surface area contributed by atoms with Crippen LogP contribution in [0.5, 0.6) is 0 Å². The normalized spacial score (nSPS) is 17.3. The van der Waals surface area contributed by atoms with Crippen LogP contribution in [0.1, 0.15) is 28.5 Å². The number of fused-ring (bicyclic) bond motifs is 1. The zero-order valence-corrected chi connectivity index (χ0v) is 19.7. The van der Waals surface area contributed by atoms with Crippen LogP contribution in [0.3, 0.4) is 0 Å². The van der Waals surface area contributed by atoms with Crippen LogP contribution in [-0.4, -0.2) is 32.0 Å². The molecule has 6 nitrogen and oxygen atoms in total. The molecule has 0 saturated carbocycles. The molecule has 1 aliphatic heterocycles. The van der Waals surface area contributed by atoms with Gasteiger partial charge in [0.1, 0.15) is 28.6 Å². The second kappa shape index (κ2) is 9.07. The molecule has 2 aromatic carbocycles. The highest BCUT2D eigenvalue weighted by molar-refractivity contribution is 7.13. The molecule has 0 aliphatic carbocycles. The van der Waals surface area contributed by atoms with Crippen molar-refractivity contribution in [1.82, 2.24) is 20.0 Å². The van der Waals surface area contributed by atoms with Gasteiger partial charge in [-0.25, -0.2) is 8.78 Å². The van der Waals surface area contributed by atoms with Crippen molar-refractivity contribution < 1.29 is 18.4 Å². The minimum atomic E-state index is -1.30. The van der Waals surface area contributed by atoms with E-state index in [1.807, 2.05) is 17.5 Å². The van der Waals surface area contributed by atoms with Gasteiger partial charge in [-0.3, -0.25) is 14.3 Å². The van der Waals surface area contributed by atoms with Gasteiger partial charge in [0.15, 0.2) is 0 Å². The maximum atomic E-state index is 13.9. The van der Waals surface area contributed by atoms with Crippen LogP contribution >= 0.6 is 11.3 Å². The Morgan fingerprint density at radius 1 is 1.06 bits per heavy atom. The molecule has 2 amide bonds. The Balaban J connectivity index is 1.48. The van der Waals surface area contributed by atoms with E-state index in [0.29, 0.717) is 17.0 Å². The average Bonchev–Trinajstić information content (AvgIpc) is 3.51. The molecule has 0 fully saturated rings. The van der Waals surface area contributed by atoms with E-state index >= 15 is 0 Å². The summed E-state index contributed by atoms with van der Waals surface area (Å²) in [5, 5.41) is 9.41. The quantitative estimate of drug-likeness (QED) is 0.427. The van der Waals surface area contributed by atoms with E-state index in [0.717, 1.165) is 10.4 Å². The van der Waals surface area contributed by atoms with Crippen molar-refractivity contribution in [3.8, 4) is 10.6 Å². The number of nitrogens with one attached hydrogen (secondary N) is 1. The van der Waals surface area contributed by atoms with Gasteiger partial charge < -0.3 is 10.2 Å². The third kappa shape index (κ3) is 4.46. The van der Waals surface area contributed by atoms with Gasteiger partial charge in [-0.1, -0.05) is 30.3 Å². The summed E-state index contributed by atoms with van der Waals surface area (Å²) in [6.45, 7) is 2.03. The van der Waals surface area contributed by atoms with Crippen LogP contribution in [0.15, 0.2) is 72.1 Å². The Morgan fingerprint density at radius 3 is 2.57 bits per heavy atom. The fraction of sp³-hybridized carbons (Fsp3) is 0.192. The number of thiophene rings is 1. The van der Waals surface area contributed by atoms with Gasteiger partial charge in [-0.05, 0) is 59.8 Å². The van der Waals surface area contributed by atoms with Gasteiger partial charge >= 0.3 is 0 Å². The molecule has 4 aromatic rings. The zero-order chi connectivity index (χ0) is 24.6. The van der Waals surface area contributed by atoms with Gasteiger partial charge in [0.2, 0.25) is 5.91 Å². The van der Waals surface area contributed by atoms with Crippen LogP contribution in [0.2, 0.25) is 0 Å². The lowest BCUT2D eigenvalue weighted by molar-refractivity contribution is -0.133. The number of hydrogen-bond acceptors (Lipinski definition) is 4. The van der Waals surface area contributed by atoms with Crippen molar-refractivity contribution >= 4 is 23.2 Å². The molecule has 1 unspecified atom stereocenters. The third-order valence-corrected chi connectivity index (χ3v) is 7.05. The van der Waals surface area contributed by atoms with E-state index in [2.05, 4.69) is 10.4 Å². The molecule has 0 radical (unpaired) electrons. The summed E-state index contributed by atoms with van der Waals surface area (Å²) in [7, 11) is 0. The SMILES string of the molecule is CC1(C(=O)NCc2ccc(F)cc2)Cn2nc(-c3cccs3)cc2C(=O)N1Cc1cccc(F)c1. The lowest BCUT2D eigenvalue weighted by Gasteiger charge is -2.43. The van der Waals surface area contributed by atoms with Gasteiger partial charge in [0.25, 0.3) is 5.91 Å². The lowest BCUT2D eigenvalue weighted by atomic mass is 9.94. The molecule has 5 rings (SSSR count). The lowest BCUT2D eigenvalue weighted by Crippen LogP contribution is -2.63. The number of halogens is 2. The largest absolute Gasteiger partial charge is 0.350 e. The van der Waals surface area contributed by atoms with E-state index in [9.17, 15) is 18.4 Å². The highest BCUT2D eigenvalue weighted by Crippen LogP contribution is 2.32. The van der Waals surface area contributed by atoms with Gasteiger partial charge in [-0.15, -0.1) is 11.3 Å². The minimum Gasteiger partial charge on any atom is -0.350 e. The van der Waals surface area contributed by atoms with Crippen LogP contribution in [-0.2, 0) is 24.4 Å². The van der Waals surface area contributed by atoms with Crippen LogP contribution in [0.25, 0.3) is 10.6 Å². The topological polar surface area (TPSA) is 67.2 Å². The summed E-state index contributed by atoms with van der Waals surface area (Å²) < 4.78 is 28.7. The first-order chi connectivity index (χ1) is 16.8. The predicted octanol–water partition coefficient (Wildman–Crippen LogP) is 4.62. The maximum Gasteiger partial charge on any atom is 0.273 e. The second-order valence-corrected chi connectivity index (χ2v) is 9.60. The zero-order valence-electron chi connectivity index (χ0n) is 18.9. The molecular weight excluding hydrogens is 470 g/mol. The van der Waals surface area contributed by atoms with E-state index in [1.165, 1.54) is 40.5 Å². The Kier molecular flexibility index (Phi) is 5.94. The number of rotatable bonds is 6. The summed E-state index contributed by atoms with van der Waals surface area (Å²) in [6.07, 6.45) is 0. The number of nitrogens with zero attached hydrogens (tertiary/aromatic N) is 3. The second-order valence-electron chi connectivity index (χ2n) is 8.65. The van der Waals surface area contributed by atoms with Crippen molar-refractivity contribution in [2.75, 3.05) is 0 Å². The van der Waals surface area contributed by atoms with Gasteiger partial charge in [0.05, 0.1) is 11.4 Å². The molecular formula is C26H22F2N4O2S. The molecule has 0 spiro atoms. The Labute approximate surface area is 204 Å². The van der Waals surface area contributed by atoms with Crippen molar-refractivity contribution in [1.29, 1.82) is 0 Å². The molecule has 1 atom stereocenters. The molecule has 1 N–H and O–H groups in total. The van der Waals surface area contributed by atoms with E-state index in [1.54, 1.807) is 41.9 Å². The first-order valence-electron chi connectivity index (χ1n) is 11.0. The van der Waals surface area contributed by atoms with Crippen molar-refractivity contribution in [3.63, 3.8) is 0 Å². The molecule has 178 valence electrons. The summed E-state index contributed by atoms with van der Waals surface area (Å²) in [6, 6.07) is 17.4. The molecule has 35 heavy (non-hydrogen) atoms. The highest BCUT2D eigenvalue weighted by Gasteiger charge is 2.48. The summed E-state index contributed by atoms with van der Waals surface area (Å²) in [5.41, 5.74) is 1.03. The number of amides is 2. The fourth-order valence-electron chi connectivity index (χ4n) is 4.23. The van der Waals surface area contributed by atoms with Crippen molar-refractivity contribution in [2.24, 2.45) is 0 Å². The number of carbonyl (C=O) groups excluding carboxylic acids is 2. The molecule has 0 saturated heterocycles. The first-order valence-corrected chi connectivity index (χ1v) is 11.9. The summed E-state index contributed by atoms with van der Waals surface area (Å²) in [5.74, 6) is -1.53.